The van der Waals surface area contributed by atoms with Crippen molar-refractivity contribution in [2.75, 3.05) is 0 Å². The van der Waals surface area contributed by atoms with Crippen LogP contribution in [0.5, 0.6) is 0 Å². The average Bonchev–Trinajstić information content (AvgIpc) is 2.85. The van der Waals surface area contributed by atoms with Gasteiger partial charge in [-0.15, -0.1) is 5.10 Å². The minimum absolute atomic E-state index is 0.640. The molecule has 1 rings (SSSR count). The Morgan fingerprint density at radius 2 is 2.00 bits per heavy atom. The fourth-order valence-corrected chi connectivity index (χ4v) is 2.27. The van der Waals surface area contributed by atoms with E-state index in [0.29, 0.717) is 5.92 Å². The van der Waals surface area contributed by atoms with E-state index in [1.54, 1.807) is 0 Å². The van der Waals surface area contributed by atoms with E-state index in [2.05, 4.69) is 63.3 Å². The van der Waals surface area contributed by atoms with Gasteiger partial charge in [0.25, 0.3) is 0 Å². The van der Waals surface area contributed by atoms with E-state index in [1.165, 1.54) is 17.6 Å². The SMILES string of the molecule is C/C=C(\C)CC/C=C(\C)CCCn1cc(CC(C)C)nn1. The van der Waals surface area contributed by atoms with Gasteiger partial charge in [0.2, 0.25) is 0 Å². The van der Waals surface area contributed by atoms with Crippen molar-refractivity contribution in [2.24, 2.45) is 5.92 Å². The Hall–Kier alpha value is -1.38. The van der Waals surface area contributed by atoms with Crippen molar-refractivity contribution in [1.82, 2.24) is 15.0 Å². The van der Waals surface area contributed by atoms with Gasteiger partial charge in [0.05, 0.1) is 5.69 Å². The number of nitrogens with zero attached hydrogens (tertiary/aromatic N) is 3. The fraction of sp³-hybridized carbons (Fsp3) is 0.667. The zero-order valence-corrected chi connectivity index (χ0v) is 14.4. The minimum atomic E-state index is 0.640. The second-order valence-corrected chi connectivity index (χ2v) is 6.40. The first-order chi connectivity index (χ1) is 10.0. The maximum absolute atomic E-state index is 4.22. The molecule has 0 atom stereocenters. The summed E-state index contributed by atoms with van der Waals surface area (Å²) in [4.78, 5) is 0. The largest absolute Gasteiger partial charge is 0.252 e. The first-order valence-corrected chi connectivity index (χ1v) is 8.17. The van der Waals surface area contributed by atoms with Crippen LogP contribution in [0.25, 0.3) is 0 Å². The molecule has 0 N–H and O–H groups in total. The van der Waals surface area contributed by atoms with Crippen molar-refractivity contribution in [1.29, 1.82) is 0 Å². The Labute approximate surface area is 130 Å². The third-order valence-corrected chi connectivity index (χ3v) is 3.69. The molecule has 118 valence electrons. The first kappa shape index (κ1) is 17.7. The van der Waals surface area contributed by atoms with E-state index in [0.717, 1.165) is 37.9 Å². The molecule has 0 bridgehead atoms. The van der Waals surface area contributed by atoms with Crippen molar-refractivity contribution >= 4 is 0 Å². The Kier molecular flexibility index (Phi) is 8.03. The summed E-state index contributed by atoms with van der Waals surface area (Å²) in [6, 6.07) is 0. The summed E-state index contributed by atoms with van der Waals surface area (Å²) in [6.07, 6.45) is 12.3. The topological polar surface area (TPSA) is 30.7 Å². The predicted molar refractivity (Wildman–Crippen MR) is 90.2 cm³/mol. The Morgan fingerprint density at radius 3 is 2.67 bits per heavy atom. The highest BCUT2D eigenvalue weighted by molar-refractivity contribution is 5.02. The lowest BCUT2D eigenvalue weighted by Crippen LogP contribution is -1.99. The molecule has 0 aliphatic carbocycles. The summed E-state index contributed by atoms with van der Waals surface area (Å²) in [5, 5.41) is 8.43. The normalized spacial score (nSPS) is 13.2. The summed E-state index contributed by atoms with van der Waals surface area (Å²) in [6.45, 7) is 11.9. The van der Waals surface area contributed by atoms with E-state index in [1.807, 2.05) is 4.68 Å². The number of hydrogen-bond donors (Lipinski definition) is 0. The summed E-state index contributed by atoms with van der Waals surface area (Å²) in [5.41, 5.74) is 4.07. The standard InChI is InChI=1S/C18H31N3/c1-6-16(4)9-7-10-17(5)11-8-12-21-14-18(19-20-21)13-15(2)3/h6,10,14-15H,7-9,11-13H2,1-5H3/b16-6+,17-10+. The predicted octanol–water partition coefficient (Wildman–Crippen LogP) is 4.95. The van der Waals surface area contributed by atoms with E-state index in [-0.39, 0.29) is 0 Å². The molecular weight excluding hydrogens is 258 g/mol. The van der Waals surface area contributed by atoms with Gasteiger partial charge >= 0.3 is 0 Å². The molecule has 0 unspecified atom stereocenters. The summed E-state index contributed by atoms with van der Waals surface area (Å²) < 4.78 is 1.98. The molecule has 0 spiro atoms. The lowest BCUT2D eigenvalue weighted by Gasteiger charge is -2.03. The molecule has 0 saturated carbocycles. The van der Waals surface area contributed by atoms with Gasteiger partial charge < -0.3 is 0 Å². The summed E-state index contributed by atoms with van der Waals surface area (Å²) >= 11 is 0. The van der Waals surface area contributed by atoms with Gasteiger partial charge in [-0.1, -0.05) is 42.4 Å². The lowest BCUT2D eigenvalue weighted by molar-refractivity contribution is 0.557. The van der Waals surface area contributed by atoms with E-state index in [9.17, 15) is 0 Å². The highest BCUT2D eigenvalue weighted by atomic mass is 15.4. The molecule has 0 amide bonds. The van der Waals surface area contributed by atoms with Crippen molar-refractivity contribution in [3.05, 3.63) is 35.2 Å². The van der Waals surface area contributed by atoms with E-state index < -0.39 is 0 Å². The van der Waals surface area contributed by atoms with Crippen LogP contribution < -0.4 is 0 Å². The summed E-state index contributed by atoms with van der Waals surface area (Å²) in [5.74, 6) is 0.640. The third kappa shape index (κ3) is 7.84. The number of aryl methyl sites for hydroxylation is 1. The van der Waals surface area contributed by atoms with E-state index >= 15 is 0 Å². The van der Waals surface area contributed by atoms with Crippen LogP contribution in [0.2, 0.25) is 0 Å². The number of rotatable bonds is 9. The molecule has 3 heteroatoms. The second-order valence-electron chi connectivity index (χ2n) is 6.40. The highest BCUT2D eigenvalue weighted by Gasteiger charge is 2.03. The van der Waals surface area contributed by atoms with Crippen LogP contribution in [0.3, 0.4) is 0 Å². The van der Waals surface area contributed by atoms with Crippen molar-refractivity contribution < 1.29 is 0 Å². The quantitative estimate of drug-likeness (QED) is 0.602. The molecule has 21 heavy (non-hydrogen) atoms. The van der Waals surface area contributed by atoms with Crippen LogP contribution in [0, 0.1) is 5.92 Å². The molecule has 1 aromatic heterocycles. The minimum Gasteiger partial charge on any atom is -0.252 e. The Bertz CT molecular complexity index is 467. The highest BCUT2D eigenvalue weighted by Crippen LogP contribution is 2.11. The number of allylic oxidation sites excluding steroid dienone is 4. The molecule has 1 heterocycles. The maximum Gasteiger partial charge on any atom is 0.0829 e. The van der Waals surface area contributed by atoms with Crippen molar-refractivity contribution in [3.63, 3.8) is 0 Å². The van der Waals surface area contributed by atoms with Gasteiger partial charge in [-0.2, -0.15) is 0 Å². The Balaban J connectivity index is 2.26. The van der Waals surface area contributed by atoms with Crippen molar-refractivity contribution in [3.8, 4) is 0 Å². The zero-order chi connectivity index (χ0) is 15.7. The fourth-order valence-electron chi connectivity index (χ4n) is 2.27. The first-order valence-electron chi connectivity index (χ1n) is 8.17. The van der Waals surface area contributed by atoms with Gasteiger partial charge in [-0.3, -0.25) is 4.68 Å². The molecule has 0 aliphatic heterocycles. The molecular formula is C18H31N3. The molecule has 0 aromatic carbocycles. The van der Waals surface area contributed by atoms with Crippen LogP contribution in [-0.2, 0) is 13.0 Å². The third-order valence-electron chi connectivity index (χ3n) is 3.69. The van der Waals surface area contributed by atoms with Gasteiger partial charge in [0.15, 0.2) is 0 Å². The van der Waals surface area contributed by atoms with Crippen LogP contribution in [-0.4, -0.2) is 15.0 Å². The molecule has 3 nitrogen and oxygen atoms in total. The molecule has 1 aromatic rings. The second kappa shape index (κ2) is 9.54. The zero-order valence-electron chi connectivity index (χ0n) is 14.4. The van der Waals surface area contributed by atoms with Gasteiger partial charge in [-0.05, 0) is 58.8 Å². The number of aromatic nitrogens is 3. The Morgan fingerprint density at radius 1 is 1.24 bits per heavy atom. The summed E-state index contributed by atoms with van der Waals surface area (Å²) in [7, 11) is 0. The van der Waals surface area contributed by atoms with Crippen molar-refractivity contribution in [2.45, 2.75) is 73.3 Å². The van der Waals surface area contributed by atoms with Crippen LogP contribution in [0.1, 0.15) is 66.0 Å². The lowest BCUT2D eigenvalue weighted by atomic mass is 10.1. The molecule has 0 radical (unpaired) electrons. The van der Waals surface area contributed by atoms with Crippen LogP contribution in [0.15, 0.2) is 29.5 Å². The van der Waals surface area contributed by atoms with E-state index in [4.69, 9.17) is 0 Å². The maximum atomic E-state index is 4.22. The van der Waals surface area contributed by atoms with Gasteiger partial charge in [0.1, 0.15) is 0 Å². The monoisotopic (exact) mass is 289 g/mol. The number of hydrogen-bond acceptors (Lipinski definition) is 2. The van der Waals surface area contributed by atoms with Crippen LogP contribution in [0.4, 0.5) is 0 Å². The van der Waals surface area contributed by atoms with Gasteiger partial charge in [0, 0.05) is 12.7 Å². The smallest absolute Gasteiger partial charge is 0.0829 e. The van der Waals surface area contributed by atoms with Crippen LogP contribution >= 0.6 is 0 Å². The van der Waals surface area contributed by atoms with Gasteiger partial charge in [-0.25, -0.2) is 0 Å². The molecule has 0 fully saturated rings. The molecule has 0 aliphatic rings. The average molecular weight is 289 g/mol. The molecule has 0 saturated heterocycles.